The molecule has 1 saturated heterocycles. The molecule has 3 rings (SSSR count). The summed E-state index contributed by atoms with van der Waals surface area (Å²) in [5.41, 5.74) is 0.907. The maximum atomic E-state index is 6.22. The highest BCUT2D eigenvalue weighted by molar-refractivity contribution is 6.35. The van der Waals surface area contributed by atoms with Crippen molar-refractivity contribution in [3.05, 3.63) is 40.7 Å². The van der Waals surface area contributed by atoms with Gasteiger partial charge in [-0.05, 0) is 31.9 Å². The molecule has 0 amide bonds. The van der Waals surface area contributed by atoms with Gasteiger partial charge in [0.1, 0.15) is 6.10 Å². The van der Waals surface area contributed by atoms with E-state index in [1.807, 2.05) is 12.1 Å². The lowest BCUT2D eigenvalue weighted by atomic mass is 10.1. The molecular weight excluding hydrogens is 271 g/mol. The predicted molar refractivity (Wildman–Crippen MR) is 71.7 cm³/mol. The minimum absolute atomic E-state index is 0.201. The number of ether oxygens (including phenoxy) is 2. The first-order chi connectivity index (χ1) is 8.60. The van der Waals surface area contributed by atoms with Crippen LogP contribution >= 0.6 is 23.2 Å². The summed E-state index contributed by atoms with van der Waals surface area (Å²) in [6.07, 6.45) is 3.76. The lowest BCUT2D eigenvalue weighted by Crippen LogP contribution is -2.26. The van der Waals surface area contributed by atoms with Gasteiger partial charge in [0.15, 0.2) is 5.79 Å². The summed E-state index contributed by atoms with van der Waals surface area (Å²) in [5, 5.41) is 1.23. The van der Waals surface area contributed by atoms with Crippen LogP contribution in [0.3, 0.4) is 0 Å². The summed E-state index contributed by atoms with van der Waals surface area (Å²) in [7, 11) is 0. The molecule has 2 nitrogen and oxygen atoms in total. The van der Waals surface area contributed by atoms with Gasteiger partial charge in [0.25, 0.3) is 0 Å². The molecule has 2 atom stereocenters. The Morgan fingerprint density at radius 1 is 1.17 bits per heavy atom. The van der Waals surface area contributed by atoms with Crippen molar-refractivity contribution in [1.82, 2.24) is 0 Å². The molecular formula is C14H15Cl2O2. The summed E-state index contributed by atoms with van der Waals surface area (Å²) in [5.74, 6) is -0.431. The van der Waals surface area contributed by atoms with Gasteiger partial charge >= 0.3 is 0 Å². The van der Waals surface area contributed by atoms with Crippen molar-refractivity contribution < 1.29 is 9.47 Å². The minimum atomic E-state index is -0.431. The Morgan fingerprint density at radius 2 is 1.89 bits per heavy atom. The normalized spacial score (nSPS) is 30.2. The van der Waals surface area contributed by atoms with Gasteiger partial charge in [-0.15, -0.1) is 0 Å². The minimum Gasteiger partial charge on any atom is -0.344 e. The zero-order valence-electron chi connectivity index (χ0n) is 9.99. The SMILES string of the molecule is [CH2]C1OC2(CCCC2)OC1c1ccc(Cl)cc1Cl. The Bertz CT molecular complexity index is 455. The Morgan fingerprint density at radius 3 is 2.56 bits per heavy atom. The van der Waals surface area contributed by atoms with E-state index in [0.717, 1.165) is 31.2 Å². The van der Waals surface area contributed by atoms with E-state index in [0.29, 0.717) is 10.0 Å². The molecule has 1 spiro atoms. The van der Waals surface area contributed by atoms with Gasteiger partial charge < -0.3 is 9.47 Å². The van der Waals surface area contributed by atoms with Crippen LogP contribution in [0.2, 0.25) is 10.0 Å². The second kappa shape index (κ2) is 4.68. The van der Waals surface area contributed by atoms with E-state index < -0.39 is 5.79 Å². The molecule has 18 heavy (non-hydrogen) atoms. The third-order valence-electron chi connectivity index (χ3n) is 3.68. The quantitative estimate of drug-likeness (QED) is 0.753. The first-order valence-corrected chi connectivity index (χ1v) is 6.99. The summed E-state index contributed by atoms with van der Waals surface area (Å²) < 4.78 is 12.1. The molecule has 1 aliphatic carbocycles. The van der Waals surface area contributed by atoms with Crippen molar-refractivity contribution in [2.24, 2.45) is 0 Å². The van der Waals surface area contributed by atoms with Crippen LogP contribution < -0.4 is 0 Å². The van der Waals surface area contributed by atoms with Gasteiger partial charge in [0, 0.05) is 28.5 Å². The molecule has 0 aromatic heterocycles. The second-order valence-electron chi connectivity index (χ2n) is 4.98. The highest BCUT2D eigenvalue weighted by atomic mass is 35.5. The fraction of sp³-hybridized carbons (Fsp3) is 0.500. The molecule has 2 fully saturated rings. The van der Waals surface area contributed by atoms with Crippen LogP contribution in [0.15, 0.2) is 18.2 Å². The van der Waals surface area contributed by atoms with Crippen LogP contribution in [0.4, 0.5) is 0 Å². The van der Waals surface area contributed by atoms with Crippen molar-refractivity contribution in [1.29, 1.82) is 0 Å². The Hall–Kier alpha value is -0.280. The molecule has 1 radical (unpaired) electrons. The Labute approximate surface area is 117 Å². The molecule has 2 aliphatic rings. The molecule has 1 aliphatic heterocycles. The van der Waals surface area contributed by atoms with E-state index in [1.54, 1.807) is 6.07 Å². The molecule has 1 aromatic carbocycles. The van der Waals surface area contributed by atoms with Crippen molar-refractivity contribution in [3.63, 3.8) is 0 Å². The van der Waals surface area contributed by atoms with Crippen LogP contribution in [0, 0.1) is 6.92 Å². The van der Waals surface area contributed by atoms with E-state index in [9.17, 15) is 0 Å². The van der Waals surface area contributed by atoms with Crippen molar-refractivity contribution >= 4 is 23.2 Å². The lowest BCUT2D eigenvalue weighted by Gasteiger charge is -2.22. The van der Waals surface area contributed by atoms with Crippen LogP contribution in [-0.4, -0.2) is 11.9 Å². The number of rotatable bonds is 1. The van der Waals surface area contributed by atoms with Crippen molar-refractivity contribution in [2.75, 3.05) is 0 Å². The third kappa shape index (κ3) is 2.16. The Balaban J connectivity index is 1.88. The monoisotopic (exact) mass is 285 g/mol. The highest BCUT2D eigenvalue weighted by Crippen LogP contribution is 2.48. The molecule has 1 aromatic rings. The van der Waals surface area contributed by atoms with Gasteiger partial charge in [-0.3, -0.25) is 0 Å². The third-order valence-corrected chi connectivity index (χ3v) is 4.24. The molecule has 2 unspecified atom stereocenters. The maximum Gasteiger partial charge on any atom is 0.169 e. The van der Waals surface area contributed by atoms with Crippen molar-refractivity contribution in [3.8, 4) is 0 Å². The van der Waals surface area contributed by atoms with E-state index in [4.69, 9.17) is 32.7 Å². The highest BCUT2D eigenvalue weighted by Gasteiger charge is 2.48. The van der Waals surface area contributed by atoms with Gasteiger partial charge in [-0.25, -0.2) is 0 Å². The summed E-state index contributed by atoms with van der Waals surface area (Å²) in [6, 6.07) is 5.44. The summed E-state index contributed by atoms with van der Waals surface area (Å²) >= 11 is 12.1. The van der Waals surface area contributed by atoms with Crippen LogP contribution in [-0.2, 0) is 9.47 Å². The second-order valence-corrected chi connectivity index (χ2v) is 5.82. The largest absolute Gasteiger partial charge is 0.344 e. The molecule has 97 valence electrons. The van der Waals surface area contributed by atoms with E-state index >= 15 is 0 Å². The van der Waals surface area contributed by atoms with E-state index in [2.05, 4.69) is 6.92 Å². The van der Waals surface area contributed by atoms with Gasteiger partial charge in [-0.1, -0.05) is 29.3 Å². The number of halogens is 2. The zero-order valence-corrected chi connectivity index (χ0v) is 11.5. The molecule has 4 heteroatoms. The predicted octanol–water partition coefficient (Wildman–Crippen LogP) is 4.55. The fourth-order valence-corrected chi connectivity index (χ4v) is 3.33. The number of benzene rings is 1. The first kappa shape index (κ1) is 12.7. The van der Waals surface area contributed by atoms with E-state index in [-0.39, 0.29) is 12.2 Å². The van der Waals surface area contributed by atoms with Gasteiger partial charge in [-0.2, -0.15) is 0 Å². The summed E-state index contributed by atoms with van der Waals surface area (Å²) in [6.45, 7) is 4.04. The Kier molecular flexibility index (Phi) is 3.31. The van der Waals surface area contributed by atoms with Crippen LogP contribution in [0.25, 0.3) is 0 Å². The maximum absolute atomic E-state index is 6.22. The number of hydrogen-bond donors (Lipinski definition) is 0. The molecule has 1 saturated carbocycles. The average Bonchev–Trinajstić information content (AvgIpc) is 2.87. The average molecular weight is 286 g/mol. The van der Waals surface area contributed by atoms with Crippen LogP contribution in [0.1, 0.15) is 37.4 Å². The first-order valence-electron chi connectivity index (χ1n) is 6.23. The molecule has 0 N–H and O–H groups in total. The zero-order chi connectivity index (χ0) is 12.8. The van der Waals surface area contributed by atoms with Gasteiger partial charge in [0.05, 0.1) is 6.10 Å². The van der Waals surface area contributed by atoms with Gasteiger partial charge in [0.2, 0.25) is 0 Å². The van der Waals surface area contributed by atoms with Crippen LogP contribution in [0.5, 0.6) is 0 Å². The lowest BCUT2D eigenvalue weighted by molar-refractivity contribution is -0.167. The molecule has 0 bridgehead atoms. The standard InChI is InChI=1S/C14H15Cl2O2/c1-9-13(11-5-4-10(15)8-12(11)16)18-14(17-9)6-2-3-7-14/h4-5,8-9,13H,1-3,6-7H2. The topological polar surface area (TPSA) is 18.5 Å². The summed E-state index contributed by atoms with van der Waals surface area (Å²) in [4.78, 5) is 0. The number of hydrogen-bond acceptors (Lipinski definition) is 2. The van der Waals surface area contributed by atoms with E-state index in [1.165, 1.54) is 0 Å². The smallest absolute Gasteiger partial charge is 0.169 e. The van der Waals surface area contributed by atoms with Crippen molar-refractivity contribution in [2.45, 2.75) is 43.7 Å². The molecule has 1 heterocycles. The fourth-order valence-electron chi connectivity index (χ4n) is 2.82.